The van der Waals surface area contributed by atoms with Gasteiger partial charge in [0.25, 0.3) is 0 Å². The first-order valence-electron chi connectivity index (χ1n) is 14.6. The number of rotatable bonds is 16. The fourth-order valence-electron chi connectivity index (χ4n) is 5.14. The van der Waals surface area contributed by atoms with Gasteiger partial charge in [-0.15, -0.1) is 0 Å². The van der Waals surface area contributed by atoms with E-state index >= 15 is 0 Å². The van der Waals surface area contributed by atoms with Crippen LogP contribution >= 0.6 is 0 Å². The molecule has 2 unspecified atom stereocenters. The van der Waals surface area contributed by atoms with Crippen LogP contribution in [-0.2, 0) is 30.3 Å². The highest BCUT2D eigenvalue weighted by Gasteiger charge is 2.51. The van der Waals surface area contributed by atoms with Crippen molar-refractivity contribution < 1.29 is 34.0 Å². The molecule has 0 spiro atoms. The molecule has 1 amide bonds. The van der Waals surface area contributed by atoms with Gasteiger partial charge in [-0.25, -0.2) is 0 Å². The summed E-state index contributed by atoms with van der Waals surface area (Å²) in [5, 5.41) is 24.5. The zero-order valence-corrected chi connectivity index (χ0v) is 23.5. The standard InChI is InChI=1S/C30H49NO7/c1-4-5-6-7-8-9-10-11-15-18-23(32)19-25(33)31-26-27(34)28-24(21-36-30(2,3)38-28)37-29(26)35-20-22-16-13-12-14-17-22/h12-14,16-17,23-24,26-29,32,34H,4-11,15,18-21H2,1-3H3,(H,31,33)/t23?,24-,26-,27-,28-,29?/m1/s1. The highest BCUT2D eigenvalue weighted by atomic mass is 16.8. The summed E-state index contributed by atoms with van der Waals surface area (Å²) in [6.07, 6.45) is 7.53. The molecule has 2 aliphatic heterocycles. The zero-order valence-electron chi connectivity index (χ0n) is 23.5. The maximum Gasteiger partial charge on any atom is 0.223 e. The summed E-state index contributed by atoms with van der Waals surface area (Å²) in [7, 11) is 0. The lowest BCUT2D eigenvalue weighted by Crippen LogP contribution is -2.68. The van der Waals surface area contributed by atoms with Crippen molar-refractivity contribution in [2.45, 2.75) is 141 Å². The van der Waals surface area contributed by atoms with Gasteiger partial charge < -0.3 is 34.5 Å². The van der Waals surface area contributed by atoms with Crippen molar-refractivity contribution >= 4 is 5.91 Å². The van der Waals surface area contributed by atoms with Crippen LogP contribution in [0.15, 0.2) is 30.3 Å². The van der Waals surface area contributed by atoms with Crippen LogP contribution in [0.25, 0.3) is 0 Å². The van der Waals surface area contributed by atoms with Gasteiger partial charge in [-0.05, 0) is 25.8 Å². The molecule has 0 saturated carbocycles. The lowest BCUT2D eigenvalue weighted by atomic mass is 9.95. The molecule has 1 aromatic carbocycles. The van der Waals surface area contributed by atoms with Gasteiger partial charge in [0.15, 0.2) is 12.1 Å². The van der Waals surface area contributed by atoms with Crippen molar-refractivity contribution in [3.05, 3.63) is 35.9 Å². The van der Waals surface area contributed by atoms with Crippen LogP contribution in [0.1, 0.15) is 97.0 Å². The smallest absolute Gasteiger partial charge is 0.223 e. The number of carbonyl (C=O) groups is 1. The topological polar surface area (TPSA) is 106 Å². The van der Waals surface area contributed by atoms with Crippen LogP contribution in [0, 0.1) is 0 Å². The minimum absolute atomic E-state index is 0.0325. The molecule has 0 aromatic heterocycles. The van der Waals surface area contributed by atoms with Gasteiger partial charge in [0, 0.05) is 0 Å². The van der Waals surface area contributed by atoms with Gasteiger partial charge in [-0.3, -0.25) is 4.79 Å². The number of carbonyl (C=O) groups excluding carboxylic acids is 1. The van der Waals surface area contributed by atoms with E-state index in [4.69, 9.17) is 18.9 Å². The SMILES string of the molecule is CCCCCCCCCCCC(O)CC(=O)N[C@H]1C(OCc2ccccc2)O[C@@H]2COC(C)(C)O[C@H]2[C@@H]1O. The summed E-state index contributed by atoms with van der Waals surface area (Å²) in [6, 6.07) is 8.80. The number of aliphatic hydroxyl groups is 2. The summed E-state index contributed by atoms with van der Waals surface area (Å²) >= 11 is 0. The van der Waals surface area contributed by atoms with Crippen LogP contribution in [-0.4, -0.2) is 65.3 Å². The number of fused-ring (bicyclic) bond motifs is 1. The van der Waals surface area contributed by atoms with E-state index in [1.807, 2.05) is 30.3 Å². The van der Waals surface area contributed by atoms with Gasteiger partial charge in [-0.2, -0.15) is 0 Å². The molecule has 6 atom stereocenters. The minimum Gasteiger partial charge on any atom is -0.393 e. The monoisotopic (exact) mass is 535 g/mol. The summed E-state index contributed by atoms with van der Waals surface area (Å²) in [6.45, 7) is 6.30. The normalized spacial score (nSPS) is 27.4. The molecule has 38 heavy (non-hydrogen) atoms. The first-order valence-corrected chi connectivity index (χ1v) is 14.6. The second-order valence-corrected chi connectivity index (χ2v) is 11.2. The first kappa shape index (κ1) is 31.0. The van der Waals surface area contributed by atoms with Gasteiger partial charge in [0.1, 0.15) is 24.4 Å². The van der Waals surface area contributed by atoms with E-state index in [-0.39, 0.29) is 25.5 Å². The molecule has 1 aromatic rings. The number of aliphatic hydroxyl groups excluding tert-OH is 2. The Balaban J connectivity index is 1.47. The first-order chi connectivity index (χ1) is 18.3. The van der Waals surface area contributed by atoms with E-state index in [1.54, 1.807) is 13.8 Å². The fourth-order valence-corrected chi connectivity index (χ4v) is 5.14. The third-order valence-corrected chi connectivity index (χ3v) is 7.33. The summed E-state index contributed by atoms with van der Waals surface area (Å²) in [5.74, 6) is -1.22. The van der Waals surface area contributed by atoms with E-state index < -0.39 is 42.5 Å². The Morgan fingerprint density at radius 2 is 1.74 bits per heavy atom. The quantitative estimate of drug-likeness (QED) is 0.266. The molecular weight excluding hydrogens is 486 g/mol. The largest absolute Gasteiger partial charge is 0.393 e. The average Bonchev–Trinajstić information content (AvgIpc) is 2.89. The van der Waals surface area contributed by atoms with Crippen LogP contribution in [0.2, 0.25) is 0 Å². The van der Waals surface area contributed by atoms with Gasteiger partial charge >= 0.3 is 0 Å². The Hall–Kier alpha value is -1.55. The van der Waals surface area contributed by atoms with E-state index in [0.717, 1.165) is 18.4 Å². The molecule has 2 aliphatic rings. The van der Waals surface area contributed by atoms with Crippen LogP contribution in [0.3, 0.4) is 0 Å². The second kappa shape index (κ2) is 15.9. The fraction of sp³-hybridized carbons (Fsp3) is 0.767. The molecule has 3 rings (SSSR count). The minimum atomic E-state index is -1.06. The Morgan fingerprint density at radius 3 is 2.42 bits per heavy atom. The summed E-state index contributed by atoms with van der Waals surface area (Å²) in [4.78, 5) is 12.9. The number of benzene rings is 1. The third kappa shape index (κ3) is 10.2. The summed E-state index contributed by atoms with van der Waals surface area (Å²) in [5.41, 5.74) is 0.950. The molecule has 0 radical (unpaired) electrons. The molecule has 0 bridgehead atoms. The van der Waals surface area contributed by atoms with E-state index in [9.17, 15) is 15.0 Å². The Bertz CT molecular complexity index is 805. The molecule has 2 saturated heterocycles. The molecule has 8 nitrogen and oxygen atoms in total. The molecule has 2 fully saturated rings. The zero-order chi connectivity index (χ0) is 27.4. The number of unbranched alkanes of at least 4 members (excludes halogenated alkanes) is 8. The second-order valence-electron chi connectivity index (χ2n) is 11.2. The van der Waals surface area contributed by atoms with Gasteiger partial charge in [0.2, 0.25) is 5.91 Å². The van der Waals surface area contributed by atoms with Crippen molar-refractivity contribution in [1.82, 2.24) is 5.32 Å². The van der Waals surface area contributed by atoms with E-state index in [2.05, 4.69) is 12.2 Å². The van der Waals surface area contributed by atoms with Gasteiger partial charge in [-0.1, -0.05) is 95.0 Å². The van der Waals surface area contributed by atoms with Crippen molar-refractivity contribution in [2.75, 3.05) is 6.61 Å². The van der Waals surface area contributed by atoms with Crippen molar-refractivity contribution in [3.8, 4) is 0 Å². The lowest BCUT2D eigenvalue weighted by Gasteiger charge is -2.49. The predicted octanol–water partition coefficient (Wildman–Crippen LogP) is 4.60. The summed E-state index contributed by atoms with van der Waals surface area (Å²) < 4.78 is 23.8. The predicted molar refractivity (Wildman–Crippen MR) is 145 cm³/mol. The third-order valence-electron chi connectivity index (χ3n) is 7.33. The molecule has 0 aliphatic carbocycles. The lowest BCUT2D eigenvalue weighted by molar-refractivity contribution is -0.369. The number of hydrogen-bond donors (Lipinski definition) is 3. The Labute approximate surface area is 228 Å². The molecule has 3 N–H and O–H groups in total. The maximum absolute atomic E-state index is 12.9. The van der Waals surface area contributed by atoms with E-state index in [1.165, 1.54) is 44.9 Å². The van der Waals surface area contributed by atoms with Crippen LogP contribution in [0.5, 0.6) is 0 Å². The number of ether oxygens (including phenoxy) is 4. The maximum atomic E-state index is 12.9. The van der Waals surface area contributed by atoms with Crippen molar-refractivity contribution in [2.24, 2.45) is 0 Å². The molecular formula is C30H49NO7. The number of hydrogen-bond acceptors (Lipinski definition) is 7. The van der Waals surface area contributed by atoms with Gasteiger partial charge in [0.05, 0.1) is 25.7 Å². The number of nitrogens with one attached hydrogen (secondary N) is 1. The molecule has 216 valence electrons. The highest BCUT2D eigenvalue weighted by molar-refractivity contribution is 5.76. The van der Waals surface area contributed by atoms with E-state index in [0.29, 0.717) is 6.42 Å². The van der Waals surface area contributed by atoms with Crippen molar-refractivity contribution in [3.63, 3.8) is 0 Å². The average molecular weight is 536 g/mol. The molecule has 2 heterocycles. The Morgan fingerprint density at radius 1 is 1.08 bits per heavy atom. The van der Waals surface area contributed by atoms with Crippen LogP contribution in [0.4, 0.5) is 0 Å². The Kier molecular flexibility index (Phi) is 13.0. The molecule has 8 heteroatoms. The number of amides is 1. The van der Waals surface area contributed by atoms with Crippen LogP contribution < -0.4 is 5.32 Å². The highest BCUT2D eigenvalue weighted by Crippen LogP contribution is 2.33. The van der Waals surface area contributed by atoms with Crippen molar-refractivity contribution in [1.29, 1.82) is 0 Å².